The van der Waals surface area contributed by atoms with E-state index in [1.165, 1.54) is 32.1 Å². The van der Waals surface area contributed by atoms with Gasteiger partial charge in [-0.25, -0.2) is 4.79 Å². The summed E-state index contributed by atoms with van der Waals surface area (Å²) in [4.78, 5) is 10.8. The van der Waals surface area contributed by atoms with E-state index in [-0.39, 0.29) is 0 Å². The number of carboxylic acids is 1. The maximum absolute atomic E-state index is 10.8. The highest BCUT2D eigenvalue weighted by Crippen LogP contribution is 2.09. The van der Waals surface area contributed by atoms with Crippen LogP contribution in [-0.2, 0) is 4.79 Å². The number of unbranched alkanes of at least 4 members (excludes halogenated alkanes) is 6. The Morgan fingerprint density at radius 3 is 2.31 bits per heavy atom. The van der Waals surface area contributed by atoms with Crippen LogP contribution in [-0.4, -0.2) is 11.1 Å². The fraction of sp³-hybridized carbons (Fsp3) is 0.643. The zero-order valence-corrected chi connectivity index (χ0v) is 10.5. The Morgan fingerprint density at radius 2 is 1.75 bits per heavy atom. The van der Waals surface area contributed by atoms with Gasteiger partial charge < -0.3 is 5.11 Å². The van der Waals surface area contributed by atoms with Crippen LogP contribution in [0.3, 0.4) is 0 Å². The second-order valence-electron chi connectivity index (χ2n) is 4.02. The summed E-state index contributed by atoms with van der Waals surface area (Å²) in [5.74, 6) is -0.830. The van der Waals surface area contributed by atoms with Crippen molar-refractivity contribution in [2.24, 2.45) is 0 Å². The van der Waals surface area contributed by atoms with Crippen molar-refractivity contribution < 1.29 is 9.90 Å². The first-order valence-corrected chi connectivity index (χ1v) is 6.28. The normalized spacial score (nSPS) is 12.2. The molecule has 0 aliphatic rings. The van der Waals surface area contributed by atoms with E-state index < -0.39 is 5.97 Å². The first-order valence-electron chi connectivity index (χ1n) is 6.28. The highest BCUT2D eigenvalue weighted by Gasteiger charge is 2.00. The molecular formula is C14H24O2. The van der Waals surface area contributed by atoms with Crippen LogP contribution in [0.15, 0.2) is 23.8 Å². The van der Waals surface area contributed by atoms with Crippen molar-refractivity contribution in [2.45, 2.75) is 58.8 Å². The highest BCUT2D eigenvalue weighted by molar-refractivity contribution is 5.89. The molecule has 0 radical (unpaired) electrons. The molecular weight excluding hydrogens is 200 g/mol. The predicted octanol–water partition coefficient (Wildman–Crippen LogP) is 4.32. The molecule has 0 aromatic rings. The number of allylic oxidation sites excluding steroid dienone is 2. The number of hydrogen-bond acceptors (Lipinski definition) is 1. The van der Waals surface area contributed by atoms with E-state index in [4.69, 9.17) is 5.11 Å². The lowest BCUT2D eigenvalue weighted by Gasteiger charge is -1.99. The summed E-state index contributed by atoms with van der Waals surface area (Å²) in [6.07, 6.45) is 13.6. The third-order valence-electron chi connectivity index (χ3n) is 2.52. The molecule has 0 bridgehead atoms. The first-order chi connectivity index (χ1) is 7.72. The summed E-state index contributed by atoms with van der Waals surface area (Å²) in [6.45, 7) is 4.04. The smallest absolute Gasteiger partial charge is 0.335 e. The lowest BCUT2D eigenvalue weighted by atomic mass is 10.1. The Balaban J connectivity index is 3.67. The van der Waals surface area contributed by atoms with Crippen LogP contribution >= 0.6 is 0 Å². The standard InChI is InChI=1S/C14H24O2/c1-3-5-6-7-8-9-10-12-13(11-4-2)14(15)16/h4,11-12H,3,5-10H2,1-2H3,(H,15,16). The van der Waals surface area contributed by atoms with Crippen molar-refractivity contribution in [3.63, 3.8) is 0 Å². The molecule has 0 saturated carbocycles. The molecule has 0 aromatic carbocycles. The average Bonchev–Trinajstić information content (AvgIpc) is 2.26. The summed E-state index contributed by atoms with van der Waals surface area (Å²) >= 11 is 0. The van der Waals surface area contributed by atoms with Crippen LogP contribution in [0.4, 0.5) is 0 Å². The largest absolute Gasteiger partial charge is 0.478 e. The van der Waals surface area contributed by atoms with Crippen molar-refractivity contribution in [2.75, 3.05) is 0 Å². The van der Waals surface area contributed by atoms with Crippen LogP contribution < -0.4 is 0 Å². The Morgan fingerprint density at radius 1 is 1.12 bits per heavy atom. The second kappa shape index (κ2) is 10.5. The second-order valence-corrected chi connectivity index (χ2v) is 4.02. The van der Waals surface area contributed by atoms with Gasteiger partial charge in [0.15, 0.2) is 0 Å². The summed E-state index contributed by atoms with van der Waals surface area (Å²) in [7, 11) is 0. The topological polar surface area (TPSA) is 37.3 Å². The molecule has 0 rings (SSSR count). The van der Waals surface area contributed by atoms with Crippen molar-refractivity contribution in [3.8, 4) is 0 Å². The van der Waals surface area contributed by atoms with Gasteiger partial charge in [0.25, 0.3) is 0 Å². The van der Waals surface area contributed by atoms with Gasteiger partial charge in [0.1, 0.15) is 0 Å². The Bertz CT molecular complexity index is 239. The molecule has 92 valence electrons. The average molecular weight is 224 g/mol. The van der Waals surface area contributed by atoms with E-state index in [2.05, 4.69) is 6.92 Å². The monoisotopic (exact) mass is 224 g/mol. The van der Waals surface area contributed by atoms with Gasteiger partial charge in [0, 0.05) is 0 Å². The first kappa shape index (κ1) is 14.9. The number of hydrogen-bond donors (Lipinski definition) is 1. The predicted molar refractivity (Wildman–Crippen MR) is 68.5 cm³/mol. The molecule has 0 aliphatic carbocycles. The molecule has 2 nitrogen and oxygen atoms in total. The van der Waals surface area contributed by atoms with E-state index in [1.54, 1.807) is 12.2 Å². The summed E-state index contributed by atoms with van der Waals surface area (Å²) in [5, 5.41) is 8.86. The van der Waals surface area contributed by atoms with Gasteiger partial charge in [0.05, 0.1) is 5.57 Å². The van der Waals surface area contributed by atoms with Gasteiger partial charge >= 0.3 is 5.97 Å². The van der Waals surface area contributed by atoms with Crippen LogP contribution in [0.1, 0.15) is 58.8 Å². The number of aliphatic carboxylic acids is 1. The third-order valence-corrected chi connectivity index (χ3v) is 2.52. The van der Waals surface area contributed by atoms with E-state index >= 15 is 0 Å². The van der Waals surface area contributed by atoms with E-state index in [9.17, 15) is 4.79 Å². The van der Waals surface area contributed by atoms with Gasteiger partial charge in [-0.2, -0.15) is 0 Å². The maximum atomic E-state index is 10.8. The van der Waals surface area contributed by atoms with E-state index in [0.717, 1.165) is 12.8 Å². The summed E-state index contributed by atoms with van der Waals surface area (Å²) < 4.78 is 0. The molecule has 0 atom stereocenters. The van der Waals surface area contributed by atoms with Crippen molar-refractivity contribution in [3.05, 3.63) is 23.8 Å². The maximum Gasteiger partial charge on any atom is 0.335 e. The highest BCUT2D eigenvalue weighted by atomic mass is 16.4. The number of rotatable bonds is 9. The summed E-state index contributed by atoms with van der Waals surface area (Å²) in [6, 6.07) is 0. The van der Waals surface area contributed by atoms with Crippen LogP contribution in [0.2, 0.25) is 0 Å². The molecule has 0 amide bonds. The van der Waals surface area contributed by atoms with Crippen molar-refractivity contribution in [1.82, 2.24) is 0 Å². The number of carboxylic acid groups (broad SMARTS) is 1. The van der Waals surface area contributed by atoms with E-state index in [0.29, 0.717) is 5.57 Å². The number of carbonyl (C=O) groups is 1. The van der Waals surface area contributed by atoms with Gasteiger partial charge in [-0.1, -0.05) is 57.3 Å². The fourth-order valence-corrected chi connectivity index (χ4v) is 1.59. The SMILES string of the molecule is CC=CC(=CCCCCCCCC)C(=O)O. The lowest BCUT2D eigenvalue weighted by Crippen LogP contribution is -1.97. The quantitative estimate of drug-likeness (QED) is 0.359. The van der Waals surface area contributed by atoms with Crippen molar-refractivity contribution >= 4 is 5.97 Å². The van der Waals surface area contributed by atoms with Gasteiger partial charge in [-0.15, -0.1) is 0 Å². The molecule has 0 aliphatic heterocycles. The van der Waals surface area contributed by atoms with Gasteiger partial charge in [0.2, 0.25) is 0 Å². The van der Waals surface area contributed by atoms with Crippen LogP contribution in [0, 0.1) is 0 Å². The zero-order valence-electron chi connectivity index (χ0n) is 10.5. The molecule has 0 fully saturated rings. The van der Waals surface area contributed by atoms with Crippen molar-refractivity contribution in [1.29, 1.82) is 0 Å². The Labute approximate surface area is 99.1 Å². The molecule has 1 N–H and O–H groups in total. The Kier molecular flexibility index (Phi) is 9.78. The van der Waals surface area contributed by atoms with Gasteiger partial charge in [-0.05, 0) is 19.8 Å². The lowest BCUT2D eigenvalue weighted by molar-refractivity contribution is -0.132. The minimum Gasteiger partial charge on any atom is -0.478 e. The zero-order chi connectivity index (χ0) is 12.2. The molecule has 0 saturated heterocycles. The minimum atomic E-state index is -0.830. The minimum absolute atomic E-state index is 0.413. The van der Waals surface area contributed by atoms with Crippen LogP contribution in [0.5, 0.6) is 0 Å². The van der Waals surface area contributed by atoms with Gasteiger partial charge in [-0.3, -0.25) is 0 Å². The third kappa shape index (κ3) is 8.27. The molecule has 0 spiro atoms. The fourth-order valence-electron chi connectivity index (χ4n) is 1.59. The molecule has 0 heterocycles. The Hall–Kier alpha value is -1.05. The molecule has 0 aromatic heterocycles. The van der Waals surface area contributed by atoms with Crippen LogP contribution in [0.25, 0.3) is 0 Å². The molecule has 16 heavy (non-hydrogen) atoms. The summed E-state index contributed by atoms with van der Waals surface area (Å²) in [5.41, 5.74) is 0.413. The van der Waals surface area contributed by atoms with E-state index in [1.807, 2.05) is 13.0 Å². The molecule has 2 heteroatoms. The molecule has 0 unspecified atom stereocenters.